The number of Topliss-reactive ketones (excluding diaryl/α,β-unsaturated/α-hetero) is 1. The van der Waals surface area contributed by atoms with Crippen molar-refractivity contribution in [2.75, 3.05) is 19.6 Å². The largest absolute Gasteiger partial charge is 0.483 e. The molecule has 5 atom stereocenters. The molecule has 242 valence electrons. The molecule has 2 aromatic rings. The first kappa shape index (κ1) is 31.8. The quantitative estimate of drug-likeness (QED) is 0.139. The smallest absolute Gasteiger partial charge is 0.308 e. The van der Waals surface area contributed by atoms with E-state index >= 15 is 0 Å². The number of likely N-dealkylation sites (tertiary alicyclic amines) is 1. The SMILES string of the molecule is CCCCCN(C(=O)CCCCCc1ccccc1)[C@@H]1CC[C@H]2[C@H]3Cc4ccc(OC(C)=O)c5c4[C@@]2(CCN3CC(C)=O)[C@H]1O5. The molecule has 1 saturated carbocycles. The topological polar surface area (TPSA) is 76.2 Å². The van der Waals surface area contributed by atoms with Crippen LogP contribution < -0.4 is 9.47 Å². The highest BCUT2D eigenvalue weighted by molar-refractivity contribution is 5.78. The Morgan fingerprint density at radius 1 is 1.00 bits per heavy atom. The number of esters is 1. The summed E-state index contributed by atoms with van der Waals surface area (Å²) in [6.07, 6.45) is 11.2. The van der Waals surface area contributed by atoms with Gasteiger partial charge in [0.05, 0.1) is 12.6 Å². The van der Waals surface area contributed by atoms with Crippen LogP contribution in [-0.4, -0.2) is 65.3 Å². The lowest BCUT2D eigenvalue weighted by atomic mass is 9.51. The highest BCUT2D eigenvalue weighted by Crippen LogP contribution is 2.64. The van der Waals surface area contributed by atoms with Gasteiger partial charge in [-0.15, -0.1) is 0 Å². The number of aryl methyl sites for hydroxylation is 1. The number of nitrogens with zero attached hydrogens (tertiary/aromatic N) is 2. The normalized spacial score (nSPS) is 26.1. The van der Waals surface area contributed by atoms with E-state index in [0.717, 1.165) is 83.7 Å². The first-order valence-electron chi connectivity index (χ1n) is 17.4. The van der Waals surface area contributed by atoms with Crippen LogP contribution in [0.2, 0.25) is 0 Å². The molecule has 2 fully saturated rings. The summed E-state index contributed by atoms with van der Waals surface area (Å²) in [6, 6.07) is 14.8. The molecule has 1 saturated heterocycles. The number of carbonyl (C=O) groups excluding carboxylic acids is 3. The van der Waals surface area contributed by atoms with Gasteiger partial charge in [0.1, 0.15) is 11.9 Å². The van der Waals surface area contributed by atoms with Gasteiger partial charge in [-0.05, 0) is 87.9 Å². The minimum atomic E-state index is -0.358. The molecule has 0 radical (unpaired) electrons. The van der Waals surface area contributed by atoms with Gasteiger partial charge < -0.3 is 14.4 Å². The van der Waals surface area contributed by atoms with E-state index in [1.54, 1.807) is 6.92 Å². The number of hydrogen-bond donors (Lipinski definition) is 0. The molecule has 0 N–H and O–H groups in total. The lowest BCUT2D eigenvalue weighted by Gasteiger charge is -2.60. The lowest BCUT2D eigenvalue weighted by molar-refractivity contribution is -0.143. The highest BCUT2D eigenvalue weighted by atomic mass is 16.6. The third-order valence-corrected chi connectivity index (χ3v) is 11.0. The van der Waals surface area contributed by atoms with Gasteiger partial charge in [-0.2, -0.15) is 0 Å². The number of ketones is 1. The average molecular weight is 615 g/mol. The minimum absolute atomic E-state index is 0.0292. The minimum Gasteiger partial charge on any atom is -0.483 e. The molecule has 45 heavy (non-hydrogen) atoms. The van der Waals surface area contributed by atoms with E-state index in [1.807, 2.05) is 6.07 Å². The zero-order chi connectivity index (χ0) is 31.6. The number of benzene rings is 2. The van der Waals surface area contributed by atoms with Gasteiger partial charge >= 0.3 is 5.97 Å². The number of hydrogen-bond acceptors (Lipinski definition) is 6. The molecular formula is C38H50N2O5. The fraction of sp³-hybridized carbons (Fsp3) is 0.605. The Morgan fingerprint density at radius 3 is 2.58 bits per heavy atom. The van der Waals surface area contributed by atoms with Crippen molar-refractivity contribution in [1.82, 2.24) is 9.80 Å². The third-order valence-electron chi connectivity index (χ3n) is 11.0. The van der Waals surface area contributed by atoms with Crippen molar-refractivity contribution in [3.05, 3.63) is 59.2 Å². The van der Waals surface area contributed by atoms with E-state index in [0.29, 0.717) is 30.4 Å². The van der Waals surface area contributed by atoms with Gasteiger partial charge in [-0.3, -0.25) is 19.3 Å². The molecule has 6 rings (SSSR count). The van der Waals surface area contributed by atoms with Crippen LogP contribution in [0, 0.1) is 5.92 Å². The average Bonchev–Trinajstić information content (AvgIpc) is 3.37. The van der Waals surface area contributed by atoms with E-state index in [2.05, 4.69) is 53.1 Å². The molecule has 2 aliphatic heterocycles. The Morgan fingerprint density at radius 2 is 1.82 bits per heavy atom. The van der Waals surface area contributed by atoms with Crippen LogP contribution in [-0.2, 0) is 32.6 Å². The molecule has 7 nitrogen and oxygen atoms in total. The highest BCUT2D eigenvalue weighted by Gasteiger charge is 2.66. The Bertz CT molecular complexity index is 1390. The lowest BCUT2D eigenvalue weighted by Crippen LogP contribution is -2.69. The maximum absolute atomic E-state index is 14.1. The van der Waals surface area contributed by atoms with Crippen LogP contribution in [0.25, 0.3) is 0 Å². The summed E-state index contributed by atoms with van der Waals surface area (Å²) in [7, 11) is 0. The van der Waals surface area contributed by atoms with Crippen LogP contribution in [0.5, 0.6) is 11.5 Å². The Kier molecular flexibility index (Phi) is 9.65. The van der Waals surface area contributed by atoms with Crippen molar-refractivity contribution in [2.45, 2.75) is 121 Å². The molecular weight excluding hydrogens is 564 g/mol. The summed E-state index contributed by atoms with van der Waals surface area (Å²) >= 11 is 0. The Hall–Kier alpha value is -3.19. The van der Waals surface area contributed by atoms with E-state index in [9.17, 15) is 14.4 Å². The van der Waals surface area contributed by atoms with Crippen LogP contribution >= 0.6 is 0 Å². The molecule has 2 heterocycles. The number of piperidine rings is 1. The molecule has 4 aliphatic rings. The molecule has 2 aromatic carbocycles. The molecule has 2 aliphatic carbocycles. The van der Waals surface area contributed by atoms with E-state index in [4.69, 9.17) is 9.47 Å². The monoisotopic (exact) mass is 614 g/mol. The maximum atomic E-state index is 14.1. The zero-order valence-corrected chi connectivity index (χ0v) is 27.4. The van der Waals surface area contributed by atoms with Gasteiger partial charge in [0.2, 0.25) is 5.91 Å². The molecule has 1 amide bonds. The number of ether oxygens (including phenoxy) is 2. The van der Waals surface area contributed by atoms with Crippen LogP contribution in [0.4, 0.5) is 0 Å². The van der Waals surface area contributed by atoms with Gasteiger partial charge in [0.25, 0.3) is 0 Å². The van der Waals surface area contributed by atoms with Crippen molar-refractivity contribution in [2.24, 2.45) is 5.92 Å². The maximum Gasteiger partial charge on any atom is 0.308 e. The molecule has 1 spiro atoms. The standard InChI is InChI=1S/C38H50N2O5/c1-4-5-12-22-40(34(43)16-11-7-10-15-28-13-8-6-9-14-28)31-19-18-30-32-24-29-17-20-33(44-27(3)42)36-35(29)38(30,37(31)45-36)21-23-39(32)25-26(2)41/h6,8-9,13-14,17,20,30-32,37H,4-5,7,10-12,15-16,18-19,21-25H2,1-3H3/t30-,31+,32+,37-,38-/m0/s1. The van der Waals surface area contributed by atoms with Crippen LogP contribution in [0.1, 0.15) is 102 Å². The molecule has 0 unspecified atom stereocenters. The summed E-state index contributed by atoms with van der Waals surface area (Å²) in [5.74, 6) is 1.63. The summed E-state index contributed by atoms with van der Waals surface area (Å²) in [5, 5.41) is 0. The summed E-state index contributed by atoms with van der Waals surface area (Å²) in [6.45, 7) is 7.38. The fourth-order valence-corrected chi connectivity index (χ4v) is 9.20. The summed E-state index contributed by atoms with van der Waals surface area (Å²) in [4.78, 5) is 43.1. The molecule has 2 bridgehead atoms. The van der Waals surface area contributed by atoms with Crippen molar-refractivity contribution in [3.63, 3.8) is 0 Å². The van der Waals surface area contributed by atoms with Crippen LogP contribution in [0.3, 0.4) is 0 Å². The fourth-order valence-electron chi connectivity index (χ4n) is 9.20. The first-order chi connectivity index (χ1) is 21.8. The predicted octanol–water partition coefficient (Wildman–Crippen LogP) is 6.43. The Labute approximate surface area is 268 Å². The number of carbonyl (C=O) groups is 3. The third kappa shape index (κ3) is 6.17. The van der Waals surface area contributed by atoms with Crippen molar-refractivity contribution in [1.29, 1.82) is 0 Å². The van der Waals surface area contributed by atoms with Gasteiger partial charge in [-0.25, -0.2) is 0 Å². The van der Waals surface area contributed by atoms with E-state index < -0.39 is 0 Å². The Balaban J connectivity index is 1.27. The zero-order valence-electron chi connectivity index (χ0n) is 27.4. The van der Waals surface area contributed by atoms with Crippen molar-refractivity contribution < 1.29 is 23.9 Å². The van der Waals surface area contributed by atoms with E-state index in [1.165, 1.54) is 23.6 Å². The van der Waals surface area contributed by atoms with Crippen molar-refractivity contribution >= 4 is 17.7 Å². The number of rotatable bonds is 14. The summed E-state index contributed by atoms with van der Waals surface area (Å²) in [5.41, 5.74) is 3.55. The second-order valence-corrected chi connectivity index (χ2v) is 13.9. The first-order valence-corrected chi connectivity index (χ1v) is 17.4. The van der Waals surface area contributed by atoms with Gasteiger partial charge in [-0.1, -0.05) is 62.6 Å². The van der Waals surface area contributed by atoms with E-state index in [-0.39, 0.29) is 41.3 Å². The summed E-state index contributed by atoms with van der Waals surface area (Å²) < 4.78 is 12.7. The number of unbranched alkanes of at least 4 members (excludes halogenated alkanes) is 4. The van der Waals surface area contributed by atoms with Gasteiger partial charge in [0, 0.05) is 36.9 Å². The second kappa shape index (κ2) is 13.7. The predicted molar refractivity (Wildman–Crippen MR) is 175 cm³/mol. The second-order valence-electron chi connectivity index (χ2n) is 13.9. The van der Waals surface area contributed by atoms with Crippen LogP contribution in [0.15, 0.2) is 42.5 Å². The molecule has 0 aromatic heterocycles. The number of amides is 1. The molecule has 7 heteroatoms. The van der Waals surface area contributed by atoms with Crippen molar-refractivity contribution in [3.8, 4) is 11.5 Å². The van der Waals surface area contributed by atoms with Gasteiger partial charge in [0.15, 0.2) is 11.5 Å².